The zero-order valence-corrected chi connectivity index (χ0v) is 12.7. The number of hydrogen-bond donors (Lipinski definition) is 1. The fourth-order valence-corrected chi connectivity index (χ4v) is 3.26. The lowest BCUT2D eigenvalue weighted by atomic mass is 9.88. The molecule has 1 aromatic rings. The Hall–Kier alpha value is -0.780. The van der Waals surface area contributed by atoms with E-state index in [-0.39, 0.29) is 5.54 Å². The highest BCUT2D eigenvalue weighted by Gasteiger charge is 2.44. The molecule has 0 saturated carbocycles. The van der Waals surface area contributed by atoms with Gasteiger partial charge in [-0.15, -0.1) is 0 Å². The largest absolute Gasteiger partial charge is 0.381 e. The van der Waals surface area contributed by atoms with Crippen LogP contribution in [0.4, 0.5) is 5.69 Å². The molecule has 3 rings (SSSR count). The number of nitrogens with two attached hydrogens (primary N) is 1. The number of nitrogens with zero attached hydrogens (tertiary/aromatic N) is 2. The SMILES string of the molecule is NC1=NCC2(CCOCC2)N1c1ccc(Cl)c(Br)c1. The summed E-state index contributed by atoms with van der Waals surface area (Å²) in [7, 11) is 0. The summed E-state index contributed by atoms with van der Waals surface area (Å²) in [5, 5.41) is 0.694. The molecular formula is C13H15BrClN3O. The van der Waals surface area contributed by atoms with Crippen LogP contribution >= 0.6 is 27.5 Å². The molecule has 102 valence electrons. The zero-order valence-electron chi connectivity index (χ0n) is 10.4. The number of hydrogen-bond acceptors (Lipinski definition) is 4. The van der Waals surface area contributed by atoms with Gasteiger partial charge in [0.1, 0.15) is 0 Å². The summed E-state index contributed by atoms with van der Waals surface area (Å²) in [4.78, 5) is 6.58. The predicted molar refractivity (Wildman–Crippen MR) is 80.9 cm³/mol. The highest BCUT2D eigenvalue weighted by Crippen LogP contribution is 2.38. The Kier molecular flexibility index (Phi) is 3.45. The number of anilines is 1. The van der Waals surface area contributed by atoms with E-state index in [9.17, 15) is 0 Å². The van der Waals surface area contributed by atoms with Crippen molar-refractivity contribution in [1.29, 1.82) is 0 Å². The van der Waals surface area contributed by atoms with E-state index in [2.05, 4.69) is 25.8 Å². The molecule has 0 aliphatic carbocycles. The molecule has 0 unspecified atom stereocenters. The summed E-state index contributed by atoms with van der Waals surface area (Å²) >= 11 is 9.52. The molecule has 1 saturated heterocycles. The standard InChI is InChI=1S/C13H15BrClN3O/c14-10-7-9(1-2-11(10)15)18-12(16)17-8-13(18)3-5-19-6-4-13/h1-2,7H,3-6,8H2,(H2,16,17). The van der Waals surface area contributed by atoms with Crippen LogP contribution in [0.1, 0.15) is 12.8 Å². The molecule has 1 aromatic carbocycles. The van der Waals surface area contributed by atoms with Crippen molar-refractivity contribution >= 4 is 39.2 Å². The molecule has 2 heterocycles. The first-order valence-electron chi connectivity index (χ1n) is 6.25. The molecule has 0 atom stereocenters. The van der Waals surface area contributed by atoms with Crippen LogP contribution in [0.3, 0.4) is 0 Å². The quantitative estimate of drug-likeness (QED) is 0.852. The van der Waals surface area contributed by atoms with Gasteiger partial charge in [-0.2, -0.15) is 0 Å². The van der Waals surface area contributed by atoms with E-state index >= 15 is 0 Å². The summed E-state index contributed by atoms with van der Waals surface area (Å²) in [5.41, 5.74) is 7.08. The number of guanidine groups is 1. The number of ether oxygens (including phenoxy) is 1. The third-order valence-electron chi connectivity index (χ3n) is 3.82. The molecule has 0 radical (unpaired) electrons. The van der Waals surface area contributed by atoms with Crippen molar-refractivity contribution in [3.05, 3.63) is 27.7 Å². The van der Waals surface area contributed by atoms with Crippen LogP contribution in [0.25, 0.3) is 0 Å². The lowest BCUT2D eigenvalue weighted by Gasteiger charge is -2.41. The molecule has 2 aliphatic rings. The highest BCUT2D eigenvalue weighted by molar-refractivity contribution is 9.10. The maximum Gasteiger partial charge on any atom is 0.196 e. The van der Waals surface area contributed by atoms with Gasteiger partial charge in [0.15, 0.2) is 5.96 Å². The normalized spacial score (nSPS) is 21.8. The van der Waals surface area contributed by atoms with Crippen molar-refractivity contribution in [2.24, 2.45) is 10.7 Å². The number of halogens is 2. The third kappa shape index (κ3) is 2.24. The summed E-state index contributed by atoms with van der Waals surface area (Å²) in [6, 6.07) is 5.85. The molecule has 1 spiro atoms. The summed E-state index contributed by atoms with van der Waals surface area (Å²) < 4.78 is 6.34. The second-order valence-electron chi connectivity index (χ2n) is 4.94. The Morgan fingerprint density at radius 3 is 2.79 bits per heavy atom. The van der Waals surface area contributed by atoms with Crippen LogP contribution in [-0.2, 0) is 4.74 Å². The van der Waals surface area contributed by atoms with Crippen LogP contribution in [0.5, 0.6) is 0 Å². The average molecular weight is 345 g/mol. The minimum absolute atomic E-state index is 0.0321. The van der Waals surface area contributed by atoms with E-state index in [0.29, 0.717) is 11.0 Å². The van der Waals surface area contributed by atoms with Crippen LogP contribution in [0.15, 0.2) is 27.7 Å². The second-order valence-corrected chi connectivity index (χ2v) is 6.21. The van der Waals surface area contributed by atoms with Crippen molar-refractivity contribution < 1.29 is 4.74 Å². The highest BCUT2D eigenvalue weighted by atomic mass is 79.9. The monoisotopic (exact) mass is 343 g/mol. The van der Waals surface area contributed by atoms with Gasteiger partial charge in [0, 0.05) is 23.4 Å². The molecular weight excluding hydrogens is 330 g/mol. The van der Waals surface area contributed by atoms with Crippen LogP contribution in [0, 0.1) is 0 Å². The van der Waals surface area contributed by atoms with Crippen molar-refractivity contribution in [1.82, 2.24) is 0 Å². The number of aliphatic imine (C=N–C) groups is 1. The van der Waals surface area contributed by atoms with Gasteiger partial charge < -0.3 is 15.4 Å². The van der Waals surface area contributed by atoms with Crippen molar-refractivity contribution in [3.8, 4) is 0 Å². The average Bonchev–Trinajstić information content (AvgIpc) is 2.71. The maximum absolute atomic E-state index is 6.09. The van der Waals surface area contributed by atoms with Crippen LogP contribution < -0.4 is 10.6 Å². The Balaban J connectivity index is 1.99. The number of rotatable bonds is 1. The summed E-state index contributed by atoms with van der Waals surface area (Å²) in [6.07, 6.45) is 1.88. The van der Waals surface area contributed by atoms with Crippen molar-refractivity contribution in [2.75, 3.05) is 24.7 Å². The van der Waals surface area contributed by atoms with Crippen molar-refractivity contribution in [3.63, 3.8) is 0 Å². The van der Waals surface area contributed by atoms with Crippen LogP contribution in [0.2, 0.25) is 5.02 Å². The van der Waals surface area contributed by atoms with Crippen molar-refractivity contribution in [2.45, 2.75) is 18.4 Å². The van der Waals surface area contributed by atoms with Gasteiger partial charge in [-0.05, 0) is 47.0 Å². The summed E-state index contributed by atoms with van der Waals surface area (Å²) in [6.45, 7) is 2.25. The predicted octanol–water partition coefficient (Wildman–Crippen LogP) is 2.79. The van der Waals surface area contributed by atoms with Crippen LogP contribution in [-0.4, -0.2) is 31.3 Å². The van der Waals surface area contributed by atoms with Gasteiger partial charge in [0.25, 0.3) is 0 Å². The minimum Gasteiger partial charge on any atom is -0.381 e. The van der Waals surface area contributed by atoms with Gasteiger partial charge in [0.2, 0.25) is 0 Å². The molecule has 0 aromatic heterocycles. The van der Waals surface area contributed by atoms with Gasteiger partial charge >= 0.3 is 0 Å². The molecule has 0 bridgehead atoms. The molecule has 2 aliphatic heterocycles. The zero-order chi connectivity index (χ0) is 13.5. The van der Waals surface area contributed by atoms with E-state index in [0.717, 1.165) is 42.8 Å². The Labute approximate surface area is 125 Å². The fraction of sp³-hybridized carbons (Fsp3) is 0.462. The Morgan fingerprint density at radius 2 is 2.11 bits per heavy atom. The van der Waals surface area contributed by atoms with Gasteiger partial charge in [-0.1, -0.05) is 11.6 Å². The molecule has 1 fully saturated rings. The second kappa shape index (κ2) is 4.96. The van der Waals surface area contributed by atoms with E-state index in [1.807, 2.05) is 18.2 Å². The van der Waals surface area contributed by atoms with E-state index in [1.54, 1.807) is 0 Å². The first-order valence-corrected chi connectivity index (χ1v) is 7.42. The first kappa shape index (κ1) is 13.2. The Bertz CT molecular complexity index is 529. The molecule has 6 heteroatoms. The Morgan fingerprint density at radius 1 is 1.37 bits per heavy atom. The molecule has 4 nitrogen and oxygen atoms in total. The third-order valence-corrected chi connectivity index (χ3v) is 5.04. The topological polar surface area (TPSA) is 50.9 Å². The van der Waals surface area contributed by atoms with E-state index < -0.39 is 0 Å². The maximum atomic E-state index is 6.09. The van der Waals surface area contributed by atoms with E-state index in [1.165, 1.54) is 0 Å². The smallest absolute Gasteiger partial charge is 0.196 e. The lowest BCUT2D eigenvalue weighted by Crippen LogP contribution is -2.54. The molecule has 19 heavy (non-hydrogen) atoms. The van der Waals surface area contributed by atoms with Gasteiger partial charge in [0.05, 0.1) is 17.1 Å². The minimum atomic E-state index is -0.0321. The lowest BCUT2D eigenvalue weighted by molar-refractivity contribution is 0.0594. The number of benzene rings is 1. The first-order chi connectivity index (χ1) is 9.12. The van der Waals surface area contributed by atoms with Gasteiger partial charge in [-0.25, -0.2) is 0 Å². The molecule has 2 N–H and O–H groups in total. The van der Waals surface area contributed by atoms with E-state index in [4.69, 9.17) is 22.1 Å². The molecule has 0 amide bonds. The van der Waals surface area contributed by atoms with Gasteiger partial charge in [-0.3, -0.25) is 4.99 Å². The fourth-order valence-electron chi connectivity index (χ4n) is 2.78. The summed E-state index contributed by atoms with van der Waals surface area (Å²) in [5.74, 6) is 0.580.